The van der Waals surface area contributed by atoms with E-state index in [1.54, 1.807) is 19.1 Å². The van der Waals surface area contributed by atoms with Gasteiger partial charge in [-0.15, -0.1) is 0 Å². The van der Waals surface area contributed by atoms with E-state index < -0.39 is 18.1 Å². The summed E-state index contributed by atoms with van der Waals surface area (Å²) < 4.78 is 23.2. The molecule has 4 aromatic rings. The third-order valence-electron chi connectivity index (χ3n) is 7.99. The van der Waals surface area contributed by atoms with Gasteiger partial charge in [0.2, 0.25) is 5.91 Å². The molecule has 8 nitrogen and oxygen atoms in total. The van der Waals surface area contributed by atoms with Crippen LogP contribution in [0.5, 0.6) is 17.2 Å². The highest BCUT2D eigenvalue weighted by molar-refractivity contribution is 6.42. The molecule has 4 aromatic carbocycles. The van der Waals surface area contributed by atoms with Crippen molar-refractivity contribution in [2.45, 2.75) is 57.5 Å². The lowest BCUT2D eigenvalue weighted by Gasteiger charge is -2.28. The summed E-state index contributed by atoms with van der Waals surface area (Å²) in [6.07, 6.45) is 0.841. The van der Waals surface area contributed by atoms with E-state index in [2.05, 4.69) is 17.6 Å². The van der Waals surface area contributed by atoms with Crippen molar-refractivity contribution in [3.8, 4) is 17.2 Å². The van der Waals surface area contributed by atoms with Gasteiger partial charge < -0.3 is 24.3 Å². The monoisotopic (exact) mass is 676 g/mol. The Balaban J connectivity index is 1.24. The summed E-state index contributed by atoms with van der Waals surface area (Å²) in [5.41, 5.74) is 3.83. The molecule has 0 saturated heterocycles. The van der Waals surface area contributed by atoms with Gasteiger partial charge in [0.05, 0.1) is 23.2 Å². The summed E-state index contributed by atoms with van der Waals surface area (Å²) in [6.45, 7) is 4.36. The molecule has 0 bridgehead atoms. The number of nitrogens with one attached hydrogen (secondary N) is 2. The number of rotatable bonds is 13. The molecule has 2 N–H and O–H groups in total. The van der Waals surface area contributed by atoms with E-state index in [1.165, 1.54) is 7.11 Å². The minimum absolute atomic E-state index is 0.0638. The van der Waals surface area contributed by atoms with Crippen LogP contribution in [-0.4, -0.2) is 37.7 Å². The van der Waals surface area contributed by atoms with Gasteiger partial charge in [0.1, 0.15) is 25.0 Å². The van der Waals surface area contributed by atoms with E-state index in [0.29, 0.717) is 46.9 Å². The number of esters is 1. The minimum atomic E-state index is -0.783. The van der Waals surface area contributed by atoms with E-state index >= 15 is 0 Å². The molecular weight excluding hydrogens is 639 g/mol. The normalized spacial score (nSPS) is 15.6. The summed E-state index contributed by atoms with van der Waals surface area (Å²) in [6, 6.07) is 27.3. The molecular formula is C37H38Cl2N2O6. The number of carbonyl (C=O) groups excluding carboxylic acids is 2. The van der Waals surface area contributed by atoms with Gasteiger partial charge in [-0.25, -0.2) is 4.79 Å². The topological polar surface area (TPSA) is 95.1 Å². The SMILES string of the molecule is CC[C@H](N[C@@H](Cc1ccc2c(c1)OC[C@H](c1ccc(OCc3ccc(Cl)c(Cl)c3)cc1)O2)C(=O)NC(C)C(=O)OC)c1ccccc1. The van der Waals surface area contributed by atoms with Crippen LogP contribution in [0, 0.1) is 0 Å². The molecule has 10 heteroatoms. The van der Waals surface area contributed by atoms with Gasteiger partial charge in [-0.3, -0.25) is 10.1 Å². The number of methoxy groups -OCH3 is 1. The second kappa shape index (κ2) is 16.0. The molecule has 1 aliphatic heterocycles. The van der Waals surface area contributed by atoms with Crippen molar-refractivity contribution in [3.63, 3.8) is 0 Å². The summed E-state index contributed by atoms with van der Waals surface area (Å²) >= 11 is 12.1. The number of hydrogen-bond acceptors (Lipinski definition) is 7. The fourth-order valence-electron chi connectivity index (χ4n) is 5.37. The Morgan fingerprint density at radius 3 is 2.36 bits per heavy atom. The van der Waals surface area contributed by atoms with Crippen LogP contribution in [0.2, 0.25) is 10.0 Å². The van der Waals surface area contributed by atoms with E-state index in [9.17, 15) is 9.59 Å². The van der Waals surface area contributed by atoms with Gasteiger partial charge in [0.15, 0.2) is 17.6 Å². The standard InChI is InChI=1S/C37H38Cl2N2O6/c1-4-31(26-8-6-5-7-9-26)41-32(36(42)40-23(2)37(43)44-3)19-24-11-17-33-34(20-24)46-22-35(47-33)27-12-14-28(15-13-27)45-21-25-10-16-29(38)30(39)18-25/h5-18,20,23,31-32,35,41H,4,19,21-22H2,1-3H3,(H,40,42)/t23?,31-,32-,35+/m0/s1. The summed E-state index contributed by atoms with van der Waals surface area (Å²) in [5.74, 6) is 1.14. The van der Waals surface area contributed by atoms with Crippen LogP contribution in [0.3, 0.4) is 0 Å². The van der Waals surface area contributed by atoms with Crippen molar-refractivity contribution in [2.24, 2.45) is 0 Å². The first-order chi connectivity index (χ1) is 22.7. The van der Waals surface area contributed by atoms with Crippen LogP contribution >= 0.6 is 23.2 Å². The fourth-order valence-corrected chi connectivity index (χ4v) is 5.69. The number of amides is 1. The van der Waals surface area contributed by atoms with Crippen LogP contribution in [0.25, 0.3) is 0 Å². The zero-order valence-electron chi connectivity index (χ0n) is 26.5. The molecule has 0 fully saturated rings. The Bertz CT molecular complexity index is 1670. The van der Waals surface area contributed by atoms with Gasteiger partial charge in [-0.1, -0.05) is 84.7 Å². The van der Waals surface area contributed by atoms with Crippen molar-refractivity contribution in [3.05, 3.63) is 123 Å². The Morgan fingerprint density at radius 1 is 0.915 bits per heavy atom. The summed E-state index contributed by atoms with van der Waals surface area (Å²) in [7, 11) is 1.30. The number of halogens is 2. The second-order valence-electron chi connectivity index (χ2n) is 11.4. The molecule has 246 valence electrons. The third-order valence-corrected chi connectivity index (χ3v) is 8.73. The molecule has 1 unspecified atom stereocenters. The Labute approximate surface area is 285 Å². The van der Waals surface area contributed by atoms with Crippen LogP contribution in [0.15, 0.2) is 91.0 Å². The molecule has 1 heterocycles. The molecule has 0 aliphatic carbocycles. The first-order valence-corrected chi connectivity index (χ1v) is 16.3. The average Bonchev–Trinajstić information content (AvgIpc) is 3.10. The molecule has 1 aliphatic rings. The van der Waals surface area contributed by atoms with E-state index in [0.717, 1.165) is 28.7 Å². The lowest BCUT2D eigenvalue weighted by molar-refractivity contribution is -0.144. The van der Waals surface area contributed by atoms with Crippen molar-refractivity contribution in [1.82, 2.24) is 10.6 Å². The van der Waals surface area contributed by atoms with Gasteiger partial charge in [0, 0.05) is 6.04 Å². The molecule has 0 saturated carbocycles. The summed E-state index contributed by atoms with van der Waals surface area (Å²) in [5, 5.41) is 7.30. The lowest BCUT2D eigenvalue weighted by Crippen LogP contribution is -2.51. The van der Waals surface area contributed by atoms with Crippen molar-refractivity contribution >= 4 is 35.1 Å². The highest BCUT2D eigenvalue weighted by Crippen LogP contribution is 2.37. The highest BCUT2D eigenvalue weighted by Gasteiger charge is 2.28. The van der Waals surface area contributed by atoms with Crippen molar-refractivity contribution in [1.29, 1.82) is 0 Å². The molecule has 47 heavy (non-hydrogen) atoms. The zero-order valence-corrected chi connectivity index (χ0v) is 28.0. The second-order valence-corrected chi connectivity index (χ2v) is 12.2. The average molecular weight is 678 g/mol. The first kappa shape index (κ1) is 34.1. The largest absolute Gasteiger partial charge is 0.489 e. The number of carbonyl (C=O) groups is 2. The van der Waals surface area contributed by atoms with Gasteiger partial charge in [-0.05, 0) is 78.4 Å². The highest BCUT2D eigenvalue weighted by atomic mass is 35.5. The molecule has 0 aromatic heterocycles. The fraction of sp³-hybridized carbons (Fsp3) is 0.297. The quantitative estimate of drug-likeness (QED) is 0.142. The maximum atomic E-state index is 13.5. The molecule has 1 amide bonds. The van der Waals surface area contributed by atoms with Crippen LogP contribution in [-0.2, 0) is 27.4 Å². The Hall–Kier alpha value is -4.24. The smallest absolute Gasteiger partial charge is 0.328 e. The van der Waals surface area contributed by atoms with E-state index in [1.807, 2.05) is 78.9 Å². The van der Waals surface area contributed by atoms with Crippen LogP contribution < -0.4 is 24.8 Å². The maximum absolute atomic E-state index is 13.5. The Morgan fingerprint density at radius 2 is 1.66 bits per heavy atom. The number of fused-ring (bicyclic) bond motifs is 1. The van der Waals surface area contributed by atoms with Crippen LogP contribution in [0.1, 0.15) is 54.7 Å². The predicted octanol–water partition coefficient (Wildman–Crippen LogP) is 7.41. The number of benzene rings is 4. The maximum Gasteiger partial charge on any atom is 0.328 e. The van der Waals surface area contributed by atoms with Gasteiger partial charge in [-0.2, -0.15) is 0 Å². The molecule has 4 atom stereocenters. The molecule has 5 rings (SSSR count). The molecule has 0 spiro atoms. The lowest BCUT2D eigenvalue weighted by atomic mass is 9.99. The van der Waals surface area contributed by atoms with Gasteiger partial charge >= 0.3 is 5.97 Å². The first-order valence-electron chi connectivity index (χ1n) is 15.5. The van der Waals surface area contributed by atoms with Gasteiger partial charge in [0.25, 0.3) is 0 Å². The Kier molecular flexibility index (Phi) is 11.6. The number of hydrogen-bond donors (Lipinski definition) is 2. The predicted molar refractivity (Wildman–Crippen MR) is 182 cm³/mol. The van der Waals surface area contributed by atoms with Crippen molar-refractivity contribution in [2.75, 3.05) is 13.7 Å². The zero-order chi connectivity index (χ0) is 33.3. The number of ether oxygens (including phenoxy) is 4. The minimum Gasteiger partial charge on any atom is -0.489 e. The van der Waals surface area contributed by atoms with E-state index in [4.69, 9.17) is 42.1 Å². The van der Waals surface area contributed by atoms with Crippen molar-refractivity contribution < 1.29 is 28.5 Å². The summed E-state index contributed by atoms with van der Waals surface area (Å²) in [4.78, 5) is 25.5. The third kappa shape index (κ3) is 8.98. The molecule has 0 radical (unpaired) electrons. The van der Waals surface area contributed by atoms with Crippen LogP contribution in [0.4, 0.5) is 0 Å². The van der Waals surface area contributed by atoms with E-state index in [-0.39, 0.29) is 18.1 Å².